The molecule has 5 nitrogen and oxygen atoms in total. The van der Waals surface area contributed by atoms with Gasteiger partial charge in [-0.25, -0.2) is 4.79 Å². The van der Waals surface area contributed by atoms with Gasteiger partial charge in [0.2, 0.25) is 0 Å². The van der Waals surface area contributed by atoms with Crippen molar-refractivity contribution in [3.05, 3.63) is 0 Å². The minimum Gasteiger partial charge on any atom is -0.380 e. The first kappa shape index (κ1) is 11.7. The molecular formula is C11H21N3O2. The highest BCUT2D eigenvalue weighted by atomic mass is 16.5. The molecule has 0 radical (unpaired) electrons. The Kier molecular flexibility index (Phi) is 4.01. The first-order valence-corrected chi connectivity index (χ1v) is 6.08. The molecule has 5 heteroatoms. The van der Waals surface area contributed by atoms with E-state index in [1.165, 1.54) is 0 Å². The number of urea groups is 1. The summed E-state index contributed by atoms with van der Waals surface area (Å²) in [4.78, 5) is 16.1. The second-order valence-corrected chi connectivity index (χ2v) is 4.47. The number of carbonyl (C=O) groups is 1. The number of nitrogens with zero attached hydrogens (tertiary/aromatic N) is 2. The number of likely N-dealkylation sites (tertiary alicyclic amines) is 1. The lowest BCUT2D eigenvalue weighted by Crippen LogP contribution is -2.54. The van der Waals surface area contributed by atoms with E-state index in [9.17, 15) is 4.79 Å². The lowest BCUT2D eigenvalue weighted by molar-refractivity contribution is 0.0356. The van der Waals surface area contributed by atoms with Gasteiger partial charge >= 0.3 is 6.03 Å². The van der Waals surface area contributed by atoms with Gasteiger partial charge in [-0.15, -0.1) is 0 Å². The van der Waals surface area contributed by atoms with Gasteiger partial charge < -0.3 is 19.9 Å². The van der Waals surface area contributed by atoms with Gasteiger partial charge in [0.05, 0.1) is 6.10 Å². The number of rotatable bonds is 1. The average molecular weight is 227 g/mol. The Bertz CT molecular complexity index is 241. The van der Waals surface area contributed by atoms with E-state index >= 15 is 0 Å². The molecule has 2 heterocycles. The molecule has 2 fully saturated rings. The Morgan fingerprint density at radius 2 is 2.00 bits per heavy atom. The van der Waals surface area contributed by atoms with Crippen molar-refractivity contribution >= 4 is 6.03 Å². The predicted molar refractivity (Wildman–Crippen MR) is 61.4 cm³/mol. The van der Waals surface area contributed by atoms with E-state index in [1.807, 2.05) is 9.80 Å². The molecule has 1 unspecified atom stereocenters. The maximum Gasteiger partial charge on any atom is 0.320 e. The summed E-state index contributed by atoms with van der Waals surface area (Å²) in [5.41, 5.74) is 0. The molecule has 1 atom stereocenters. The number of hydrogen-bond acceptors (Lipinski definition) is 3. The van der Waals surface area contributed by atoms with E-state index in [2.05, 4.69) is 5.32 Å². The van der Waals surface area contributed by atoms with Crippen LogP contribution in [0.5, 0.6) is 0 Å². The molecule has 2 amide bonds. The normalized spacial score (nSPS) is 26.9. The molecule has 0 spiro atoms. The minimum absolute atomic E-state index is 0.184. The van der Waals surface area contributed by atoms with Crippen molar-refractivity contribution in [1.29, 1.82) is 0 Å². The van der Waals surface area contributed by atoms with Crippen molar-refractivity contribution in [2.24, 2.45) is 0 Å². The van der Waals surface area contributed by atoms with Crippen LogP contribution in [0.2, 0.25) is 0 Å². The highest BCUT2D eigenvalue weighted by Crippen LogP contribution is 2.14. The summed E-state index contributed by atoms with van der Waals surface area (Å²) < 4.78 is 5.33. The molecule has 0 bridgehead atoms. The zero-order chi connectivity index (χ0) is 11.4. The minimum atomic E-state index is 0.184. The van der Waals surface area contributed by atoms with E-state index in [-0.39, 0.29) is 12.1 Å². The molecule has 92 valence electrons. The van der Waals surface area contributed by atoms with Gasteiger partial charge in [-0.2, -0.15) is 0 Å². The summed E-state index contributed by atoms with van der Waals surface area (Å²) in [5.74, 6) is 0. The van der Waals surface area contributed by atoms with Crippen molar-refractivity contribution in [2.45, 2.75) is 18.9 Å². The maximum atomic E-state index is 12.2. The third kappa shape index (κ3) is 2.65. The molecule has 0 aliphatic carbocycles. The van der Waals surface area contributed by atoms with Gasteiger partial charge in [-0.05, 0) is 12.8 Å². The van der Waals surface area contributed by atoms with Crippen molar-refractivity contribution in [1.82, 2.24) is 15.1 Å². The van der Waals surface area contributed by atoms with Gasteiger partial charge in [0.25, 0.3) is 0 Å². The fraction of sp³-hybridized carbons (Fsp3) is 0.909. The van der Waals surface area contributed by atoms with Gasteiger partial charge in [0, 0.05) is 46.4 Å². The van der Waals surface area contributed by atoms with Crippen LogP contribution in [0, 0.1) is 0 Å². The molecule has 2 aliphatic heterocycles. The van der Waals surface area contributed by atoms with Gasteiger partial charge in [0.15, 0.2) is 0 Å². The topological polar surface area (TPSA) is 44.8 Å². The van der Waals surface area contributed by atoms with E-state index in [1.54, 1.807) is 7.11 Å². The van der Waals surface area contributed by atoms with Crippen LogP contribution < -0.4 is 5.32 Å². The van der Waals surface area contributed by atoms with Crippen molar-refractivity contribution in [3.63, 3.8) is 0 Å². The Balaban J connectivity index is 1.87. The second kappa shape index (κ2) is 5.50. The lowest BCUT2D eigenvalue weighted by Gasteiger charge is -2.37. The van der Waals surface area contributed by atoms with E-state index in [0.29, 0.717) is 0 Å². The summed E-state index contributed by atoms with van der Waals surface area (Å²) in [5, 5.41) is 3.26. The number of ether oxygens (including phenoxy) is 1. The van der Waals surface area contributed by atoms with Crippen molar-refractivity contribution in [2.75, 3.05) is 46.4 Å². The average Bonchev–Trinajstić information content (AvgIpc) is 2.39. The quantitative estimate of drug-likeness (QED) is 0.692. The summed E-state index contributed by atoms with van der Waals surface area (Å²) >= 11 is 0. The first-order valence-electron chi connectivity index (χ1n) is 6.08. The van der Waals surface area contributed by atoms with Crippen LogP contribution in [0.4, 0.5) is 4.79 Å². The fourth-order valence-corrected chi connectivity index (χ4v) is 2.36. The number of hydrogen-bond donors (Lipinski definition) is 1. The third-order valence-electron chi connectivity index (χ3n) is 3.37. The first-order chi connectivity index (χ1) is 7.81. The van der Waals surface area contributed by atoms with Crippen LogP contribution in [-0.4, -0.2) is 68.3 Å². The predicted octanol–water partition coefficient (Wildman–Crippen LogP) is 0.122. The number of carbonyl (C=O) groups excluding carboxylic acids is 1. The molecule has 16 heavy (non-hydrogen) atoms. The number of amides is 2. The molecular weight excluding hydrogens is 206 g/mol. The van der Waals surface area contributed by atoms with Crippen molar-refractivity contribution in [3.8, 4) is 0 Å². The number of nitrogens with one attached hydrogen (secondary N) is 1. The molecule has 0 aromatic carbocycles. The van der Waals surface area contributed by atoms with E-state index < -0.39 is 0 Å². The molecule has 0 aromatic rings. The van der Waals surface area contributed by atoms with Crippen LogP contribution in [0.15, 0.2) is 0 Å². The molecule has 2 aliphatic rings. The summed E-state index contributed by atoms with van der Waals surface area (Å²) in [6.45, 7) is 5.10. The summed E-state index contributed by atoms with van der Waals surface area (Å²) in [7, 11) is 1.73. The van der Waals surface area contributed by atoms with E-state index in [4.69, 9.17) is 4.74 Å². The van der Waals surface area contributed by atoms with Gasteiger partial charge in [-0.3, -0.25) is 0 Å². The molecule has 2 saturated heterocycles. The van der Waals surface area contributed by atoms with Crippen LogP contribution in [0.3, 0.4) is 0 Å². The lowest BCUT2D eigenvalue weighted by atomic mass is 10.1. The van der Waals surface area contributed by atoms with Crippen LogP contribution >= 0.6 is 0 Å². The smallest absolute Gasteiger partial charge is 0.320 e. The highest BCUT2D eigenvalue weighted by Gasteiger charge is 2.27. The molecule has 0 aromatic heterocycles. The fourth-order valence-electron chi connectivity index (χ4n) is 2.36. The summed E-state index contributed by atoms with van der Waals surface area (Å²) in [6.07, 6.45) is 2.35. The van der Waals surface area contributed by atoms with Crippen molar-refractivity contribution < 1.29 is 9.53 Å². The standard InChI is InChI=1S/C11H21N3O2/c1-16-10-3-2-6-14(9-10)11(15)13-7-4-12-5-8-13/h10,12H,2-9H2,1H3. The van der Waals surface area contributed by atoms with Gasteiger partial charge in [-0.1, -0.05) is 0 Å². The Morgan fingerprint density at radius 1 is 1.25 bits per heavy atom. The van der Waals surface area contributed by atoms with Gasteiger partial charge in [0.1, 0.15) is 0 Å². The van der Waals surface area contributed by atoms with Crippen LogP contribution in [0.25, 0.3) is 0 Å². The van der Waals surface area contributed by atoms with Crippen LogP contribution in [0.1, 0.15) is 12.8 Å². The maximum absolute atomic E-state index is 12.2. The number of piperidine rings is 1. The zero-order valence-corrected chi connectivity index (χ0v) is 9.95. The number of methoxy groups -OCH3 is 1. The second-order valence-electron chi connectivity index (χ2n) is 4.47. The molecule has 1 N–H and O–H groups in total. The van der Waals surface area contributed by atoms with Crippen LogP contribution in [-0.2, 0) is 4.74 Å². The summed E-state index contributed by atoms with van der Waals surface area (Å²) in [6, 6.07) is 0.184. The SMILES string of the molecule is COC1CCCN(C(=O)N2CCNCC2)C1. The number of piperazine rings is 1. The Hall–Kier alpha value is -0.810. The third-order valence-corrected chi connectivity index (χ3v) is 3.37. The molecule has 0 saturated carbocycles. The monoisotopic (exact) mass is 227 g/mol. The highest BCUT2D eigenvalue weighted by molar-refractivity contribution is 5.74. The Morgan fingerprint density at radius 3 is 2.69 bits per heavy atom. The largest absolute Gasteiger partial charge is 0.380 e. The van der Waals surface area contributed by atoms with E-state index in [0.717, 1.165) is 52.1 Å². The zero-order valence-electron chi connectivity index (χ0n) is 9.95. The Labute approximate surface area is 96.7 Å². The molecule has 2 rings (SSSR count).